The summed E-state index contributed by atoms with van der Waals surface area (Å²) in [5.74, 6) is 0.699. The van der Waals surface area contributed by atoms with Gasteiger partial charge >= 0.3 is 6.03 Å². The molecule has 128 valence electrons. The third kappa shape index (κ3) is 4.21. The Labute approximate surface area is 148 Å². The molecule has 0 saturated heterocycles. The van der Waals surface area contributed by atoms with Gasteiger partial charge in [-0.05, 0) is 42.0 Å². The van der Waals surface area contributed by atoms with Gasteiger partial charge in [0.25, 0.3) is 0 Å². The van der Waals surface area contributed by atoms with E-state index in [-0.39, 0.29) is 12.7 Å². The number of hydrogen-bond acceptors (Lipinski definition) is 4. The van der Waals surface area contributed by atoms with Gasteiger partial charge in [-0.3, -0.25) is 4.79 Å². The molecular formula is C17H14ClN3O4. The Hall–Kier alpha value is -3.19. The molecule has 25 heavy (non-hydrogen) atoms. The van der Waals surface area contributed by atoms with Crippen LogP contribution in [0.5, 0.6) is 11.5 Å². The van der Waals surface area contributed by atoms with Crippen molar-refractivity contribution in [3.05, 3.63) is 53.1 Å². The second-order valence-electron chi connectivity index (χ2n) is 5.13. The number of carbonyl (C=O) groups excluding carboxylic acids is 2. The molecule has 2 aromatic rings. The van der Waals surface area contributed by atoms with E-state index in [2.05, 4.69) is 10.6 Å². The van der Waals surface area contributed by atoms with Crippen molar-refractivity contribution >= 4 is 41.0 Å². The Morgan fingerprint density at radius 1 is 1.12 bits per heavy atom. The fraction of sp³-hybridized carbons (Fsp3) is 0.0588. The minimum Gasteiger partial charge on any atom is -0.454 e. The summed E-state index contributed by atoms with van der Waals surface area (Å²) >= 11 is 6.09. The van der Waals surface area contributed by atoms with Gasteiger partial charge in [-0.2, -0.15) is 0 Å². The number of halogens is 1. The lowest BCUT2D eigenvalue weighted by atomic mass is 10.2. The van der Waals surface area contributed by atoms with Crippen LogP contribution in [0.25, 0.3) is 6.08 Å². The lowest BCUT2D eigenvalue weighted by Gasteiger charge is -2.06. The van der Waals surface area contributed by atoms with Gasteiger partial charge in [0.05, 0.1) is 5.02 Å². The van der Waals surface area contributed by atoms with E-state index in [0.29, 0.717) is 33.5 Å². The molecule has 0 aliphatic carbocycles. The first-order chi connectivity index (χ1) is 12.0. The number of urea groups is 1. The van der Waals surface area contributed by atoms with Crippen molar-refractivity contribution < 1.29 is 19.1 Å². The van der Waals surface area contributed by atoms with Gasteiger partial charge in [-0.1, -0.05) is 17.7 Å². The molecule has 1 heterocycles. The second kappa shape index (κ2) is 7.14. The first kappa shape index (κ1) is 16.7. The highest BCUT2D eigenvalue weighted by Crippen LogP contribution is 2.40. The average Bonchev–Trinajstić information content (AvgIpc) is 3.02. The molecule has 0 atom stereocenters. The van der Waals surface area contributed by atoms with E-state index in [1.807, 2.05) is 0 Å². The lowest BCUT2D eigenvalue weighted by molar-refractivity contribution is -0.111. The number of carbonyl (C=O) groups is 2. The molecule has 0 radical (unpaired) electrons. The summed E-state index contributed by atoms with van der Waals surface area (Å²) in [5, 5.41) is 5.54. The molecule has 1 aliphatic rings. The Morgan fingerprint density at radius 2 is 1.88 bits per heavy atom. The molecule has 4 N–H and O–H groups in total. The summed E-state index contributed by atoms with van der Waals surface area (Å²) in [6.07, 6.45) is 2.97. The fourth-order valence-electron chi connectivity index (χ4n) is 2.26. The first-order valence-corrected chi connectivity index (χ1v) is 7.64. The van der Waals surface area contributed by atoms with Crippen LogP contribution in [0.3, 0.4) is 0 Å². The highest BCUT2D eigenvalue weighted by molar-refractivity contribution is 6.32. The molecular weight excluding hydrogens is 346 g/mol. The number of primary amides is 1. The van der Waals surface area contributed by atoms with Gasteiger partial charge in [-0.25, -0.2) is 4.79 Å². The van der Waals surface area contributed by atoms with E-state index in [1.165, 1.54) is 6.08 Å². The Morgan fingerprint density at radius 3 is 2.64 bits per heavy atom. The molecule has 1 aliphatic heterocycles. The Kier molecular flexibility index (Phi) is 4.76. The zero-order valence-electron chi connectivity index (χ0n) is 12.9. The lowest BCUT2D eigenvalue weighted by Crippen LogP contribution is -2.19. The molecule has 3 amide bonds. The van der Waals surface area contributed by atoms with E-state index in [4.69, 9.17) is 26.8 Å². The van der Waals surface area contributed by atoms with Crippen molar-refractivity contribution in [1.82, 2.24) is 0 Å². The van der Waals surface area contributed by atoms with Crippen LogP contribution >= 0.6 is 11.6 Å². The van der Waals surface area contributed by atoms with Crippen molar-refractivity contribution in [2.75, 3.05) is 17.4 Å². The number of nitrogens with two attached hydrogens (primary N) is 1. The number of benzene rings is 2. The van der Waals surface area contributed by atoms with E-state index in [0.717, 1.165) is 0 Å². The first-order valence-electron chi connectivity index (χ1n) is 7.26. The zero-order chi connectivity index (χ0) is 17.8. The Balaban J connectivity index is 1.67. The van der Waals surface area contributed by atoms with E-state index in [9.17, 15) is 9.59 Å². The molecule has 8 heteroatoms. The normalized spacial score (nSPS) is 12.2. The minimum absolute atomic E-state index is 0.123. The molecule has 0 spiro atoms. The zero-order valence-corrected chi connectivity index (χ0v) is 13.7. The van der Waals surface area contributed by atoms with Gasteiger partial charge in [0, 0.05) is 17.5 Å². The maximum atomic E-state index is 12.0. The van der Waals surface area contributed by atoms with Crippen molar-refractivity contribution in [2.45, 2.75) is 0 Å². The van der Waals surface area contributed by atoms with Crippen LogP contribution in [0.4, 0.5) is 16.2 Å². The largest absolute Gasteiger partial charge is 0.454 e. The molecule has 0 fully saturated rings. The summed E-state index contributed by atoms with van der Waals surface area (Å²) in [4.78, 5) is 22.9. The third-order valence-corrected chi connectivity index (χ3v) is 3.56. The van der Waals surface area contributed by atoms with Gasteiger partial charge in [0.15, 0.2) is 11.5 Å². The van der Waals surface area contributed by atoms with Crippen LogP contribution in [0, 0.1) is 0 Å². The minimum atomic E-state index is -0.678. The summed E-state index contributed by atoms with van der Waals surface area (Å²) in [7, 11) is 0. The van der Waals surface area contributed by atoms with Crippen molar-refractivity contribution in [3.8, 4) is 11.5 Å². The number of nitrogens with one attached hydrogen (secondary N) is 2. The topological polar surface area (TPSA) is 103 Å². The van der Waals surface area contributed by atoms with Crippen LogP contribution in [-0.2, 0) is 4.79 Å². The monoisotopic (exact) mass is 359 g/mol. The molecule has 0 unspecified atom stereocenters. The summed E-state index contributed by atoms with van der Waals surface area (Å²) in [6.45, 7) is 0.123. The molecule has 3 rings (SSSR count). The number of anilines is 2. The fourth-order valence-corrected chi connectivity index (χ4v) is 2.53. The van der Waals surface area contributed by atoms with Gasteiger partial charge in [-0.15, -0.1) is 0 Å². The van der Waals surface area contributed by atoms with Crippen LogP contribution in [-0.4, -0.2) is 18.7 Å². The number of ether oxygens (including phenoxy) is 2. The van der Waals surface area contributed by atoms with E-state index >= 15 is 0 Å². The number of amides is 3. The van der Waals surface area contributed by atoms with Gasteiger partial charge in [0.2, 0.25) is 12.7 Å². The van der Waals surface area contributed by atoms with Crippen LogP contribution in [0.1, 0.15) is 5.56 Å². The Bertz CT molecular complexity index is 867. The molecule has 0 bridgehead atoms. The quantitative estimate of drug-likeness (QED) is 0.729. The smallest absolute Gasteiger partial charge is 0.316 e. The van der Waals surface area contributed by atoms with E-state index < -0.39 is 6.03 Å². The van der Waals surface area contributed by atoms with Crippen LogP contribution in [0.2, 0.25) is 5.02 Å². The standard InChI is InChI=1S/C17H14ClN3O4/c18-13-6-10(7-14-16(13)25-9-24-14)4-5-15(22)20-11-2-1-3-12(8-11)21-17(19)23/h1-8H,9H2,(H,20,22)(H3,19,21,23)/b5-4+. The predicted octanol–water partition coefficient (Wildman–Crippen LogP) is 3.21. The van der Waals surface area contributed by atoms with Crippen LogP contribution in [0.15, 0.2) is 42.5 Å². The SMILES string of the molecule is NC(=O)Nc1cccc(NC(=O)/C=C/c2cc(Cl)c3c(c2)OCO3)c1. The van der Waals surface area contributed by atoms with Gasteiger partial charge in [0.1, 0.15) is 0 Å². The van der Waals surface area contributed by atoms with Gasteiger partial charge < -0.3 is 25.8 Å². The predicted molar refractivity (Wildman–Crippen MR) is 94.9 cm³/mol. The molecule has 2 aromatic carbocycles. The molecule has 0 aromatic heterocycles. The molecule has 7 nitrogen and oxygen atoms in total. The van der Waals surface area contributed by atoms with Crippen molar-refractivity contribution in [2.24, 2.45) is 5.73 Å². The number of hydrogen-bond donors (Lipinski definition) is 3. The average molecular weight is 360 g/mol. The third-order valence-electron chi connectivity index (χ3n) is 3.27. The second-order valence-corrected chi connectivity index (χ2v) is 5.54. The summed E-state index contributed by atoms with van der Waals surface area (Å²) < 4.78 is 10.5. The highest BCUT2D eigenvalue weighted by atomic mass is 35.5. The summed E-state index contributed by atoms with van der Waals surface area (Å²) in [6, 6.07) is 9.35. The van der Waals surface area contributed by atoms with Crippen molar-refractivity contribution in [1.29, 1.82) is 0 Å². The van der Waals surface area contributed by atoms with Crippen LogP contribution < -0.4 is 25.8 Å². The maximum absolute atomic E-state index is 12.0. The number of fused-ring (bicyclic) bond motifs is 1. The summed E-state index contributed by atoms with van der Waals surface area (Å²) in [5.41, 5.74) is 6.76. The van der Waals surface area contributed by atoms with E-state index in [1.54, 1.807) is 42.5 Å². The number of rotatable bonds is 4. The van der Waals surface area contributed by atoms with Crippen molar-refractivity contribution in [3.63, 3.8) is 0 Å². The highest BCUT2D eigenvalue weighted by Gasteiger charge is 2.17. The molecule has 0 saturated carbocycles. The maximum Gasteiger partial charge on any atom is 0.316 e.